The fraction of sp³-hybridized carbons (Fsp3) is 0.333. The Balaban J connectivity index is 3.17. The Morgan fingerprint density at radius 3 is 2.93 bits per heavy atom. The summed E-state index contributed by atoms with van der Waals surface area (Å²) in [6, 6.07) is 4.72. The topological polar surface area (TPSA) is 78.2 Å². The van der Waals surface area contributed by atoms with Crippen LogP contribution in [0, 0.1) is 0 Å². The minimum atomic E-state index is -0.598. The summed E-state index contributed by atoms with van der Waals surface area (Å²) >= 11 is 3.33. The van der Waals surface area contributed by atoms with Crippen LogP contribution in [0.3, 0.4) is 0 Å². The lowest BCUT2D eigenvalue weighted by atomic mass is 10.1. The molecule has 80 valence electrons. The third-order valence-electron chi connectivity index (χ3n) is 1.94. The van der Waals surface area contributed by atoms with Gasteiger partial charge in [-0.2, -0.15) is 0 Å². The molecule has 0 aromatic heterocycles. The van der Waals surface area contributed by atoms with E-state index in [0.717, 1.165) is 0 Å². The van der Waals surface area contributed by atoms with Crippen molar-refractivity contribution < 1.29 is 9.84 Å². The summed E-state index contributed by atoms with van der Waals surface area (Å²) in [5.41, 5.74) is 9.05. The van der Waals surface area contributed by atoms with Gasteiger partial charge in [0, 0.05) is 4.91 Å². The number of azide groups is 1. The van der Waals surface area contributed by atoms with Crippen molar-refractivity contribution >= 4 is 15.9 Å². The smallest absolute Gasteiger partial charge is 0.133 e. The quantitative estimate of drug-likeness (QED) is 0.519. The van der Waals surface area contributed by atoms with Gasteiger partial charge in [-0.15, -0.1) is 0 Å². The maximum Gasteiger partial charge on any atom is 0.133 e. The zero-order valence-corrected chi connectivity index (χ0v) is 9.68. The molecule has 1 aromatic rings. The average Bonchev–Trinajstić information content (AvgIpc) is 2.27. The first-order valence-electron chi connectivity index (χ1n) is 4.22. The van der Waals surface area contributed by atoms with Gasteiger partial charge in [-0.25, -0.2) is 0 Å². The van der Waals surface area contributed by atoms with Gasteiger partial charge in [0.15, 0.2) is 0 Å². The van der Waals surface area contributed by atoms with Gasteiger partial charge >= 0.3 is 0 Å². The predicted molar refractivity (Wildman–Crippen MR) is 59.7 cm³/mol. The number of hydrogen-bond acceptors (Lipinski definition) is 3. The van der Waals surface area contributed by atoms with Crippen molar-refractivity contribution in [3.05, 3.63) is 38.7 Å². The molecule has 0 heterocycles. The maximum atomic E-state index is 9.07. The molecule has 0 bridgehead atoms. The molecule has 1 atom stereocenters. The molecule has 1 rings (SSSR count). The molecule has 1 unspecified atom stereocenters. The van der Waals surface area contributed by atoms with Crippen LogP contribution in [-0.2, 0) is 0 Å². The van der Waals surface area contributed by atoms with E-state index in [1.807, 2.05) is 0 Å². The van der Waals surface area contributed by atoms with Crippen LogP contribution < -0.4 is 4.74 Å². The van der Waals surface area contributed by atoms with Crippen molar-refractivity contribution in [2.45, 2.75) is 6.04 Å². The third-order valence-corrected chi connectivity index (χ3v) is 2.78. The lowest BCUT2D eigenvalue weighted by molar-refractivity contribution is 0.267. The summed E-state index contributed by atoms with van der Waals surface area (Å²) in [4.78, 5) is 2.68. The van der Waals surface area contributed by atoms with Crippen LogP contribution in [0.4, 0.5) is 0 Å². The molecule has 5 nitrogen and oxygen atoms in total. The Morgan fingerprint density at radius 2 is 2.40 bits per heavy atom. The predicted octanol–water partition coefficient (Wildman–Crippen LogP) is 2.80. The fourth-order valence-electron chi connectivity index (χ4n) is 1.20. The van der Waals surface area contributed by atoms with E-state index in [2.05, 4.69) is 26.0 Å². The number of ether oxygens (including phenoxy) is 1. The molecule has 0 saturated carbocycles. The van der Waals surface area contributed by atoms with Crippen LogP contribution >= 0.6 is 15.9 Å². The van der Waals surface area contributed by atoms with Gasteiger partial charge in [0.25, 0.3) is 0 Å². The van der Waals surface area contributed by atoms with Gasteiger partial charge in [0.05, 0.1) is 24.2 Å². The van der Waals surface area contributed by atoms with E-state index in [9.17, 15) is 0 Å². The highest BCUT2D eigenvalue weighted by atomic mass is 79.9. The van der Waals surface area contributed by atoms with Gasteiger partial charge < -0.3 is 9.84 Å². The van der Waals surface area contributed by atoms with E-state index in [0.29, 0.717) is 15.8 Å². The number of rotatable bonds is 4. The van der Waals surface area contributed by atoms with Gasteiger partial charge in [-0.05, 0) is 33.1 Å². The molecule has 0 aliphatic rings. The normalized spacial score (nSPS) is 11.7. The van der Waals surface area contributed by atoms with Crippen LogP contribution in [0.25, 0.3) is 10.4 Å². The highest BCUT2D eigenvalue weighted by molar-refractivity contribution is 9.10. The van der Waals surface area contributed by atoms with Crippen molar-refractivity contribution in [2.24, 2.45) is 5.11 Å². The molecule has 6 heteroatoms. The average molecular weight is 272 g/mol. The number of aliphatic hydroxyl groups excluding tert-OH is 1. The number of hydrogen-bond donors (Lipinski definition) is 1. The fourth-order valence-corrected chi connectivity index (χ4v) is 1.89. The van der Waals surface area contributed by atoms with Crippen molar-refractivity contribution in [2.75, 3.05) is 13.7 Å². The first kappa shape index (κ1) is 11.8. The minimum Gasteiger partial charge on any atom is -0.496 e. The zero-order valence-electron chi connectivity index (χ0n) is 8.09. The Bertz CT molecular complexity index is 391. The first-order chi connectivity index (χ1) is 7.24. The Kier molecular flexibility index (Phi) is 4.42. The number of nitrogens with zero attached hydrogens (tertiary/aromatic N) is 3. The Labute approximate surface area is 95.4 Å². The van der Waals surface area contributed by atoms with Crippen LogP contribution in [0.2, 0.25) is 0 Å². The third kappa shape index (κ3) is 2.62. The molecular weight excluding hydrogens is 262 g/mol. The second-order valence-electron chi connectivity index (χ2n) is 2.77. The minimum absolute atomic E-state index is 0.240. The molecule has 0 amide bonds. The summed E-state index contributed by atoms with van der Waals surface area (Å²) < 4.78 is 5.79. The molecule has 1 aromatic carbocycles. The van der Waals surface area contributed by atoms with Crippen molar-refractivity contribution in [3.63, 3.8) is 0 Å². The maximum absolute atomic E-state index is 9.07. The summed E-state index contributed by atoms with van der Waals surface area (Å²) in [5, 5.41) is 12.6. The first-order valence-corrected chi connectivity index (χ1v) is 5.01. The molecule has 15 heavy (non-hydrogen) atoms. The van der Waals surface area contributed by atoms with Crippen LogP contribution in [0.5, 0.6) is 5.75 Å². The van der Waals surface area contributed by atoms with E-state index >= 15 is 0 Å². The lowest BCUT2D eigenvalue weighted by Gasteiger charge is -2.12. The van der Waals surface area contributed by atoms with E-state index in [-0.39, 0.29) is 6.61 Å². The highest BCUT2D eigenvalue weighted by Crippen LogP contribution is 2.33. The lowest BCUT2D eigenvalue weighted by Crippen LogP contribution is -2.01. The number of halogens is 1. The summed E-state index contributed by atoms with van der Waals surface area (Å²) in [6.07, 6.45) is 0. The Morgan fingerprint density at radius 1 is 1.67 bits per heavy atom. The highest BCUT2D eigenvalue weighted by Gasteiger charge is 2.14. The largest absolute Gasteiger partial charge is 0.496 e. The van der Waals surface area contributed by atoms with E-state index in [4.69, 9.17) is 15.4 Å². The molecule has 0 aliphatic heterocycles. The van der Waals surface area contributed by atoms with Gasteiger partial charge in [-0.1, -0.05) is 17.2 Å². The summed E-state index contributed by atoms with van der Waals surface area (Å²) in [6.45, 7) is -0.240. The molecule has 0 fully saturated rings. The molecule has 0 aliphatic carbocycles. The summed E-state index contributed by atoms with van der Waals surface area (Å²) in [7, 11) is 1.55. The Hall–Kier alpha value is -1.23. The van der Waals surface area contributed by atoms with E-state index < -0.39 is 6.04 Å². The number of aliphatic hydroxyl groups is 1. The van der Waals surface area contributed by atoms with Crippen LogP contribution in [0.1, 0.15) is 11.6 Å². The number of methoxy groups -OCH3 is 1. The second-order valence-corrected chi connectivity index (χ2v) is 3.56. The SMILES string of the molecule is COc1cccc(C(CO)N=[N+]=[N-])c1Br. The molecule has 1 N–H and O–H groups in total. The second kappa shape index (κ2) is 5.60. The molecule has 0 saturated heterocycles. The van der Waals surface area contributed by atoms with Crippen LogP contribution in [0.15, 0.2) is 27.8 Å². The van der Waals surface area contributed by atoms with Crippen molar-refractivity contribution in [1.82, 2.24) is 0 Å². The van der Waals surface area contributed by atoms with E-state index in [1.54, 1.807) is 25.3 Å². The monoisotopic (exact) mass is 271 g/mol. The van der Waals surface area contributed by atoms with Gasteiger partial charge in [-0.3, -0.25) is 0 Å². The van der Waals surface area contributed by atoms with Crippen molar-refractivity contribution in [1.29, 1.82) is 0 Å². The summed E-state index contributed by atoms with van der Waals surface area (Å²) in [5.74, 6) is 0.638. The molecule has 0 spiro atoms. The van der Waals surface area contributed by atoms with Crippen molar-refractivity contribution in [3.8, 4) is 5.75 Å². The van der Waals surface area contributed by atoms with E-state index in [1.165, 1.54) is 0 Å². The molecule has 0 radical (unpaired) electrons. The number of benzene rings is 1. The van der Waals surface area contributed by atoms with Gasteiger partial charge in [0.1, 0.15) is 5.75 Å². The van der Waals surface area contributed by atoms with Gasteiger partial charge in [0.2, 0.25) is 0 Å². The van der Waals surface area contributed by atoms with Crippen LogP contribution in [-0.4, -0.2) is 18.8 Å². The zero-order chi connectivity index (χ0) is 11.3. The molecular formula is C9H10BrN3O2. The standard InChI is InChI=1S/C9H10BrN3O2/c1-15-8-4-2-3-6(9(8)10)7(5-14)12-13-11/h2-4,7,14H,5H2,1H3.